The number of amides is 1. The topological polar surface area (TPSA) is 76.2 Å². The SMILES string of the molecule is O=C(CSc1nnc(N2CCCC2)n1Cc1ccco1)Nc1ccc(Cl)cc1Cl. The Kier molecular flexibility index (Phi) is 6.32. The van der Waals surface area contributed by atoms with Gasteiger partial charge in [0.05, 0.1) is 29.3 Å². The van der Waals surface area contributed by atoms with Crippen molar-refractivity contribution in [3.63, 3.8) is 0 Å². The number of hydrogen-bond donors (Lipinski definition) is 1. The zero-order valence-electron chi connectivity index (χ0n) is 15.5. The molecule has 0 radical (unpaired) electrons. The number of anilines is 2. The molecule has 0 bridgehead atoms. The molecule has 1 aromatic carbocycles. The summed E-state index contributed by atoms with van der Waals surface area (Å²) in [6, 6.07) is 8.72. The Morgan fingerprint density at radius 3 is 2.76 bits per heavy atom. The molecule has 29 heavy (non-hydrogen) atoms. The van der Waals surface area contributed by atoms with Gasteiger partial charge in [-0.05, 0) is 43.2 Å². The van der Waals surface area contributed by atoms with E-state index in [1.807, 2.05) is 16.7 Å². The molecule has 152 valence electrons. The van der Waals surface area contributed by atoms with Gasteiger partial charge in [-0.1, -0.05) is 35.0 Å². The molecule has 3 aromatic rings. The van der Waals surface area contributed by atoms with Gasteiger partial charge in [-0.25, -0.2) is 0 Å². The number of benzene rings is 1. The molecule has 10 heteroatoms. The molecule has 3 heterocycles. The summed E-state index contributed by atoms with van der Waals surface area (Å²) in [4.78, 5) is 14.6. The second-order valence-corrected chi connectivity index (χ2v) is 8.39. The van der Waals surface area contributed by atoms with Crippen LogP contribution in [0.2, 0.25) is 10.0 Å². The lowest BCUT2D eigenvalue weighted by Gasteiger charge is -2.17. The largest absolute Gasteiger partial charge is 0.467 e. The molecule has 1 fully saturated rings. The molecule has 0 aliphatic carbocycles. The lowest BCUT2D eigenvalue weighted by molar-refractivity contribution is -0.113. The lowest BCUT2D eigenvalue weighted by Crippen LogP contribution is -2.22. The van der Waals surface area contributed by atoms with E-state index in [0.29, 0.717) is 27.4 Å². The average molecular weight is 452 g/mol. The molecular weight excluding hydrogens is 433 g/mol. The van der Waals surface area contributed by atoms with Crippen molar-refractivity contribution in [3.05, 3.63) is 52.4 Å². The first kappa shape index (κ1) is 20.1. The minimum Gasteiger partial charge on any atom is -0.467 e. The maximum Gasteiger partial charge on any atom is 0.234 e. The number of halogens is 2. The summed E-state index contributed by atoms with van der Waals surface area (Å²) in [7, 11) is 0. The number of carbonyl (C=O) groups excluding carboxylic acids is 1. The van der Waals surface area contributed by atoms with Crippen molar-refractivity contribution < 1.29 is 9.21 Å². The maximum absolute atomic E-state index is 12.4. The number of carbonyl (C=O) groups is 1. The fraction of sp³-hybridized carbons (Fsp3) is 0.316. The summed E-state index contributed by atoms with van der Waals surface area (Å²) in [5, 5.41) is 13.1. The van der Waals surface area contributed by atoms with Crippen LogP contribution in [0.3, 0.4) is 0 Å². The van der Waals surface area contributed by atoms with Gasteiger partial charge in [0.1, 0.15) is 5.76 Å². The molecule has 4 rings (SSSR count). The maximum atomic E-state index is 12.4. The van der Waals surface area contributed by atoms with Crippen molar-refractivity contribution in [2.75, 3.05) is 29.1 Å². The predicted octanol–water partition coefficient (Wildman–Crippen LogP) is 4.56. The minimum absolute atomic E-state index is 0.176. The Balaban J connectivity index is 1.46. The zero-order chi connectivity index (χ0) is 20.2. The van der Waals surface area contributed by atoms with Crippen molar-refractivity contribution in [1.29, 1.82) is 0 Å². The van der Waals surface area contributed by atoms with Crippen LogP contribution >= 0.6 is 35.0 Å². The van der Waals surface area contributed by atoms with E-state index in [4.69, 9.17) is 27.6 Å². The third-order valence-corrected chi connectivity index (χ3v) is 6.03. The summed E-state index contributed by atoms with van der Waals surface area (Å²) in [5.41, 5.74) is 0.525. The van der Waals surface area contributed by atoms with Crippen molar-refractivity contribution in [3.8, 4) is 0 Å². The molecular formula is C19H19Cl2N5O2S. The van der Waals surface area contributed by atoms with Gasteiger partial charge in [0.15, 0.2) is 5.16 Å². The van der Waals surface area contributed by atoms with Crippen LogP contribution < -0.4 is 10.2 Å². The fourth-order valence-electron chi connectivity index (χ4n) is 3.14. The van der Waals surface area contributed by atoms with Gasteiger partial charge < -0.3 is 14.6 Å². The fourth-order valence-corrected chi connectivity index (χ4v) is 4.33. The monoisotopic (exact) mass is 451 g/mol. The summed E-state index contributed by atoms with van der Waals surface area (Å²) in [6.45, 7) is 2.42. The molecule has 1 aliphatic heterocycles. The van der Waals surface area contributed by atoms with Crippen LogP contribution in [0.15, 0.2) is 46.2 Å². The molecule has 7 nitrogen and oxygen atoms in total. The average Bonchev–Trinajstić information content (AvgIpc) is 3.45. The van der Waals surface area contributed by atoms with Crippen LogP contribution in [0.4, 0.5) is 11.6 Å². The molecule has 1 N–H and O–H groups in total. The second-order valence-electron chi connectivity index (χ2n) is 6.60. The summed E-state index contributed by atoms with van der Waals surface area (Å²) < 4.78 is 7.50. The molecule has 1 saturated heterocycles. The first-order valence-corrected chi connectivity index (χ1v) is 10.9. The normalized spacial score (nSPS) is 13.8. The number of nitrogens with zero attached hydrogens (tertiary/aromatic N) is 4. The smallest absolute Gasteiger partial charge is 0.234 e. The van der Waals surface area contributed by atoms with Crippen molar-refractivity contribution >= 4 is 52.5 Å². The van der Waals surface area contributed by atoms with Gasteiger partial charge in [0.25, 0.3) is 0 Å². The van der Waals surface area contributed by atoms with Gasteiger partial charge >= 0.3 is 0 Å². The standard InChI is InChI=1S/C19H19Cl2N5O2S/c20-13-5-6-16(15(21)10-13)22-17(27)12-29-19-24-23-18(25-7-1-2-8-25)26(19)11-14-4-3-9-28-14/h3-6,9-10H,1-2,7-8,11-12H2,(H,22,27). The van der Waals surface area contributed by atoms with E-state index in [9.17, 15) is 4.79 Å². The van der Waals surface area contributed by atoms with Crippen LogP contribution in [0, 0.1) is 0 Å². The third-order valence-electron chi connectivity index (χ3n) is 4.52. The van der Waals surface area contributed by atoms with Crippen LogP contribution in [-0.4, -0.2) is 39.5 Å². The highest BCUT2D eigenvalue weighted by Crippen LogP contribution is 2.28. The van der Waals surface area contributed by atoms with E-state index < -0.39 is 0 Å². The highest BCUT2D eigenvalue weighted by molar-refractivity contribution is 7.99. The first-order chi connectivity index (χ1) is 14.1. The lowest BCUT2D eigenvalue weighted by atomic mass is 10.3. The third kappa shape index (κ3) is 4.88. The van der Waals surface area contributed by atoms with E-state index in [2.05, 4.69) is 20.4 Å². The summed E-state index contributed by atoms with van der Waals surface area (Å²) >= 11 is 13.3. The number of hydrogen-bond acceptors (Lipinski definition) is 6. The predicted molar refractivity (Wildman–Crippen MR) is 115 cm³/mol. The molecule has 0 unspecified atom stereocenters. The Morgan fingerprint density at radius 1 is 1.21 bits per heavy atom. The highest BCUT2D eigenvalue weighted by atomic mass is 35.5. The zero-order valence-corrected chi connectivity index (χ0v) is 17.8. The number of aromatic nitrogens is 3. The number of thioether (sulfide) groups is 1. The van der Waals surface area contributed by atoms with E-state index in [0.717, 1.165) is 37.6 Å². The quantitative estimate of drug-likeness (QED) is 0.530. The van der Waals surface area contributed by atoms with Gasteiger partial charge in [-0.3, -0.25) is 9.36 Å². The molecule has 2 aromatic heterocycles. The second kappa shape index (κ2) is 9.11. The van der Waals surface area contributed by atoms with Gasteiger partial charge in [0, 0.05) is 18.1 Å². The Morgan fingerprint density at radius 2 is 2.03 bits per heavy atom. The number of rotatable bonds is 7. The van der Waals surface area contributed by atoms with Crippen LogP contribution in [0.25, 0.3) is 0 Å². The van der Waals surface area contributed by atoms with E-state index in [1.165, 1.54) is 11.8 Å². The molecule has 0 atom stereocenters. The van der Waals surface area contributed by atoms with Crippen molar-refractivity contribution in [1.82, 2.24) is 14.8 Å². The molecule has 0 saturated carbocycles. The Labute approximate surface area is 182 Å². The van der Waals surface area contributed by atoms with Crippen LogP contribution in [0.1, 0.15) is 18.6 Å². The Hall–Kier alpha value is -2.16. The first-order valence-electron chi connectivity index (χ1n) is 9.18. The van der Waals surface area contributed by atoms with Gasteiger partial charge in [-0.15, -0.1) is 10.2 Å². The van der Waals surface area contributed by atoms with Crippen LogP contribution in [-0.2, 0) is 11.3 Å². The summed E-state index contributed by atoms with van der Waals surface area (Å²) in [6.07, 6.45) is 3.92. The summed E-state index contributed by atoms with van der Waals surface area (Å²) in [5.74, 6) is 1.61. The Bertz CT molecular complexity index is 987. The van der Waals surface area contributed by atoms with E-state index in [-0.39, 0.29) is 11.7 Å². The van der Waals surface area contributed by atoms with Gasteiger partial charge in [-0.2, -0.15) is 0 Å². The van der Waals surface area contributed by atoms with Crippen LogP contribution in [0.5, 0.6) is 0 Å². The van der Waals surface area contributed by atoms with E-state index in [1.54, 1.807) is 24.5 Å². The molecule has 0 spiro atoms. The molecule has 1 amide bonds. The number of furan rings is 1. The molecule has 1 aliphatic rings. The minimum atomic E-state index is -0.186. The number of nitrogens with one attached hydrogen (secondary N) is 1. The van der Waals surface area contributed by atoms with Crippen molar-refractivity contribution in [2.45, 2.75) is 24.5 Å². The van der Waals surface area contributed by atoms with Crippen molar-refractivity contribution in [2.24, 2.45) is 0 Å². The van der Waals surface area contributed by atoms with Gasteiger partial charge in [0.2, 0.25) is 11.9 Å². The highest BCUT2D eigenvalue weighted by Gasteiger charge is 2.22. The van der Waals surface area contributed by atoms with E-state index >= 15 is 0 Å².